The molecule has 1 aromatic heterocycles. The van der Waals surface area contributed by atoms with Gasteiger partial charge in [-0.15, -0.1) is 5.10 Å². The molecule has 0 atom stereocenters. The molecule has 0 radical (unpaired) electrons. The summed E-state index contributed by atoms with van der Waals surface area (Å²) < 4.78 is 39.4. The van der Waals surface area contributed by atoms with Crippen molar-refractivity contribution in [2.45, 2.75) is 13.1 Å². The van der Waals surface area contributed by atoms with E-state index in [1.54, 1.807) is 0 Å². The Morgan fingerprint density at radius 1 is 1.46 bits per heavy atom. The molecular formula is C5H4F3N3O2. The van der Waals surface area contributed by atoms with Crippen LogP contribution in [0, 0.1) is 6.92 Å². The van der Waals surface area contributed by atoms with Gasteiger partial charge in [0.15, 0.2) is 0 Å². The molecule has 0 aliphatic heterocycles. The molecule has 0 unspecified atom stereocenters. The Labute approximate surface area is 69.9 Å². The molecule has 8 heteroatoms. The van der Waals surface area contributed by atoms with Gasteiger partial charge in [0.1, 0.15) is 0 Å². The summed E-state index contributed by atoms with van der Waals surface area (Å²) >= 11 is 0. The first-order valence-corrected chi connectivity index (χ1v) is 3.08. The molecule has 72 valence electrons. The number of alkyl halides is 3. The molecule has 0 aliphatic carbocycles. The molecule has 1 aromatic rings. The summed E-state index contributed by atoms with van der Waals surface area (Å²) in [5.41, 5.74) is 0. The zero-order valence-corrected chi connectivity index (χ0v) is 6.34. The third-order valence-corrected chi connectivity index (χ3v) is 1.00. The predicted molar refractivity (Wildman–Crippen MR) is 33.7 cm³/mol. The number of halogens is 3. The zero-order valence-electron chi connectivity index (χ0n) is 6.34. The summed E-state index contributed by atoms with van der Waals surface area (Å²) in [5, 5.41) is 7.77. The lowest BCUT2D eigenvalue weighted by Crippen LogP contribution is -2.30. The minimum atomic E-state index is -4.96. The van der Waals surface area contributed by atoms with Crippen molar-refractivity contribution in [3.05, 3.63) is 5.89 Å². The fourth-order valence-electron chi connectivity index (χ4n) is 0.515. The van der Waals surface area contributed by atoms with Crippen LogP contribution < -0.4 is 5.32 Å². The van der Waals surface area contributed by atoms with Crippen molar-refractivity contribution in [2.24, 2.45) is 0 Å². The maximum Gasteiger partial charge on any atom is 0.471 e. The molecule has 0 aliphatic rings. The van der Waals surface area contributed by atoms with Crippen molar-refractivity contribution >= 4 is 11.9 Å². The van der Waals surface area contributed by atoms with Crippen LogP contribution in [-0.4, -0.2) is 22.3 Å². The Morgan fingerprint density at radius 3 is 2.46 bits per heavy atom. The van der Waals surface area contributed by atoms with Gasteiger partial charge < -0.3 is 4.42 Å². The van der Waals surface area contributed by atoms with Crippen molar-refractivity contribution in [3.8, 4) is 0 Å². The summed E-state index contributed by atoms with van der Waals surface area (Å²) in [6, 6.07) is -0.570. The van der Waals surface area contributed by atoms with Crippen molar-refractivity contribution in [2.75, 3.05) is 5.32 Å². The molecule has 0 aromatic carbocycles. The van der Waals surface area contributed by atoms with E-state index in [1.165, 1.54) is 12.2 Å². The lowest BCUT2D eigenvalue weighted by molar-refractivity contribution is -0.167. The second-order valence-electron chi connectivity index (χ2n) is 2.08. The molecule has 0 fully saturated rings. The van der Waals surface area contributed by atoms with Crippen LogP contribution in [0.1, 0.15) is 5.89 Å². The second kappa shape index (κ2) is 3.04. The molecule has 0 spiro atoms. The summed E-state index contributed by atoms with van der Waals surface area (Å²) in [6.45, 7) is 1.39. The van der Waals surface area contributed by atoms with Crippen LogP contribution in [0.5, 0.6) is 0 Å². The monoisotopic (exact) mass is 195 g/mol. The van der Waals surface area contributed by atoms with E-state index in [0.29, 0.717) is 0 Å². The topological polar surface area (TPSA) is 68.0 Å². The van der Waals surface area contributed by atoms with Crippen molar-refractivity contribution in [1.82, 2.24) is 10.2 Å². The van der Waals surface area contributed by atoms with Crippen LogP contribution in [0.3, 0.4) is 0 Å². The predicted octanol–water partition coefficient (Wildman–Crippen LogP) is 0.879. The van der Waals surface area contributed by atoms with Gasteiger partial charge in [0, 0.05) is 6.92 Å². The summed E-state index contributed by atoms with van der Waals surface area (Å²) in [6.07, 6.45) is -4.96. The van der Waals surface area contributed by atoms with Gasteiger partial charge in [0.2, 0.25) is 5.89 Å². The number of rotatable bonds is 1. The average Bonchev–Trinajstić information content (AvgIpc) is 2.33. The highest BCUT2D eigenvalue weighted by Crippen LogP contribution is 2.17. The smallest absolute Gasteiger partial charge is 0.408 e. The molecule has 1 rings (SSSR count). The molecular weight excluding hydrogens is 191 g/mol. The highest BCUT2D eigenvalue weighted by molar-refractivity contribution is 5.93. The number of aryl methyl sites for hydroxylation is 1. The van der Waals surface area contributed by atoms with Crippen LogP contribution in [0.4, 0.5) is 19.2 Å². The molecule has 5 nitrogen and oxygen atoms in total. The van der Waals surface area contributed by atoms with Gasteiger partial charge in [-0.05, 0) is 0 Å². The quantitative estimate of drug-likeness (QED) is 0.722. The van der Waals surface area contributed by atoms with Gasteiger partial charge in [0.05, 0.1) is 0 Å². The van der Waals surface area contributed by atoms with Crippen molar-refractivity contribution in [1.29, 1.82) is 0 Å². The van der Waals surface area contributed by atoms with E-state index in [4.69, 9.17) is 0 Å². The number of hydrogen-bond acceptors (Lipinski definition) is 4. The molecule has 0 saturated heterocycles. The van der Waals surface area contributed by atoms with Crippen LogP contribution in [0.25, 0.3) is 0 Å². The Kier molecular flexibility index (Phi) is 2.22. The van der Waals surface area contributed by atoms with E-state index in [-0.39, 0.29) is 5.89 Å². The van der Waals surface area contributed by atoms with Crippen LogP contribution in [-0.2, 0) is 4.79 Å². The van der Waals surface area contributed by atoms with E-state index >= 15 is 0 Å². The molecule has 1 heterocycles. The van der Waals surface area contributed by atoms with E-state index in [9.17, 15) is 18.0 Å². The molecule has 0 saturated carbocycles. The molecule has 0 bridgehead atoms. The number of amides is 1. The van der Waals surface area contributed by atoms with E-state index in [2.05, 4.69) is 14.6 Å². The first kappa shape index (κ1) is 9.49. The zero-order chi connectivity index (χ0) is 10.1. The fourth-order valence-corrected chi connectivity index (χ4v) is 0.515. The van der Waals surface area contributed by atoms with Gasteiger partial charge in [-0.2, -0.15) is 13.2 Å². The average molecular weight is 195 g/mol. The minimum Gasteiger partial charge on any atom is -0.408 e. The third-order valence-electron chi connectivity index (χ3n) is 1.00. The SMILES string of the molecule is Cc1nnc(NC(=O)C(F)(F)F)o1. The van der Waals surface area contributed by atoms with Gasteiger partial charge in [0.25, 0.3) is 0 Å². The van der Waals surface area contributed by atoms with Crippen LogP contribution >= 0.6 is 0 Å². The van der Waals surface area contributed by atoms with Gasteiger partial charge in [-0.1, -0.05) is 5.10 Å². The lowest BCUT2D eigenvalue weighted by atomic mass is 10.6. The summed E-state index contributed by atoms with van der Waals surface area (Å²) in [5.74, 6) is -2.08. The van der Waals surface area contributed by atoms with Gasteiger partial charge in [-0.3, -0.25) is 10.1 Å². The number of anilines is 1. The summed E-state index contributed by atoms with van der Waals surface area (Å²) in [7, 11) is 0. The Balaban J connectivity index is 2.65. The highest BCUT2D eigenvalue weighted by atomic mass is 19.4. The lowest BCUT2D eigenvalue weighted by Gasteiger charge is -2.02. The van der Waals surface area contributed by atoms with Crippen LogP contribution in [0.15, 0.2) is 4.42 Å². The summed E-state index contributed by atoms with van der Waals surface area (Å²) in [4.78, 5) is 10.3. The maximum absolute atomic E-state index is 11.6. The fraction of sp³-hybridized carbons (Fsp3) is 0.400. The Hall–Kier alpha value is -1.60. The number of nitrogens with zero attached hydrogens (tertiary/aromatic N) is 2. The number of nitrogens with one attached hydrogen (secondary N) is 1. The Bertz CT molecular complexity index is 319. The van der Waals surface area contributed by atoms with E-state index < -0.39 is 18.1 Å². The second-order valence-corrected chi connectivity index (χ2v) is 2.08. The van der Waals surface area contributed by atoms with E-state index in [1.807, 2.05) is 0 Å². The van der Waals surface area contributed by atoms with Crippen molar-refractivity contribution in [3.63, 3.8) is 0 Å². The van der Waals surface area contributed by atoms with E-state index in [0.717, 1.165) is 0 Å². The molecule has 1 amide bonds. The number of aromatic nitrogens is 2. The number of carbonyl (C=O) groups is 1. The first-order valence-electron chi connectivity index (χ1n) is 3.08. The molecule has 1 N–H and O–H groups in total. The largest absolute Gasteiger partial charge is 0.471 e. The van der Waals surface area contributed by atoms with Crippen molar-refractivity contribution < 1.29 is 22.4 Å². The number of hydrogen-bond donors (Lipinski definition) is 1. The third kappa shape index (κ3) is 2.42. The molecule has 13 heavy (non-hydrogen) atoms. The van der Waals surface area contributed by atoms with Crippen LogP contribution in [0.2, 0.25) is 0 Å². The maximum atomic E-state index is 11.6. The number of carbonyl (C=O) groups excluding carboxylic acids is 1. The first-order chi connectivity index (χ1) is 5.89. The minimum absolute atomic E-state index is 0.0671. The standard InChI is InChI=1S/C5H4F3N3O2/c1-2-10-11-4(13-2)9-3(12)5(6,7)8/h1H3,(H,9,11,12). The van der Waals surface area contributed by atoms with Gasteiger partial charge >= 0.3 is 18.1 Å². The normalized spacial score (nSPS) is 11.4. The van der Waals surface area contributed by atoms with Gasteiger partial charge in [-0.25, -0.2) is 0 Å². The highest BCUT2D eigenvalue weighted by Gasteiger charge is 2.39. The Morgan fingerprint density at radius 2 is 2.08 bits per heavy atom.